The van der Waals surface area contributed by atoms with E-state index in [1.54, 1.807) is 6.07 Å². The highest BCUT2D eigenvalue weighted by molar-refractivity contribution is 6.30. The fourth-order valence-electron chi connectivity index (χ4n) is 1.88. The first-order valence-corrected chi connectivity index (χ1v) is 7.11. The van der Waals surface area contributed by atoms with Crippen LogP contribution < -0.4 is 10.5 Å². The molecule has 110 valence electrons. The van der Waals surface area contributed by atoms with Crippen LogP contribution in [0.3, 0.4) is 0 Å². The Morgan fingerprint density at radius 2 is 2.20 bits per heavy atom. The van der Waals surface area contributed by atoms with Crippen molar-refractivity contribution in [3.05, 3.63) is 22.3 Å². The normalized spacial score (nSPS) is 14.6. The first-order valence-electron chi connectivity index (χ1n) is 6.73. The van der Waals surface area contributed by atoms with Gasteiger partial charge in [0.25, 0.3) is 5.91 Å². The summed E-state index contributed by atoms with van der Waals surface area (Å²) in [7, 11) is 0. The third-order valence-corrected chi connectivity index (χ3v) is 3.33. The minimum atomic E-state index is -0.559. The molecule has 0 bridgehead atoms. The predicted molar refractivity (Wildman–Crippen MR) is 76.3 cm³/mol. The molecule has 1 aliphatic rings. The van der Waals surface area contributed by atoms with E-state index in [0.29, 0.717) is 24.3 Å². The fraction of sp³-hybridized carbons (Fsp3) is 0.571. The number of carbonyl (C=O) groups is 1. The zero-order chi connectivity index (χ0) is 14.7. The third kappa shape index (κ3) is 3.84. The van der Waals surface area contributed by atoms with E-state index in [4.69, 9.17) is 26.8 Å². The van der Waals surface area contributed by atoms with Gasteiger partial charge in [-0.2, -0.15) is 0 Å². The Kier molecular flexibility index (Phi) is 4.83. The maximum atomic E-state index is 11.5. The first-order chi connectivity index (χ1) is 9.49. The fourth-order valence-corrected chi connectivity index (χ4v) is 2.17. The second kappa shape index (κ2) is 6.41. The van der Waals surface area contributed by atoms with Crippen molar-refractivity contribution in [3.63, 3.8) is 0 Å². The van der Waals surface area contributed by atoms with Crippen LogP contribution in [0.2, 0.25) is 5.15 Å². The zero-order valence-electron chi connectivity index (χ0n) is 11.7. The SMILES string of the molecule is CC(C)OCCOc1nc(Cl)c(C2CC2)cc1C(N)=O. The lowest BCUT2D eigenvalue weighted by molar-refractivity contribution is 0.0538. The third-order valence-electron chi connectivity index (χ3n) is 3.02. The molecule has 0 spiro atoms. The van der Waals surface area contributed by atoms with Gasteiger partial charge in [0.1, 0.15) is 17.3 Å². The molecule has 1 saturated carbocycles. The van der Waals surface area contributed by atoms with Crippen LogP contribution in [0.15, 0.2) is 6.07 Å². The first kappa shape index (κ1) is 15.1. The molecule has 20 heavy (non-hydrogen) atoms. The quantitative estimate of drug-likeness (QED) is 0.620. The van der Waals surface area contributed by atoms with Gasteiger partial charge in [0, 0.05) is 0 Å². The monoisotopic (exact) mass is 298 g/mol. The molecule has 0 aromatic carbocycles. The molecule has 6 heteroatoms. The number of nitrogens with two attached hydrogens (primary N) is 1. The van der Waals surface area contributed by atoms with E-state index in [2.05, 4.69) is 4.98 Å². The van der Waals surface area contributed by atoms with Crippen LogP contribution in [0.5, 0.6) is 5.88 Å². The number of halogens is 1. The highest BCUT2D eigenvalue weighted by Gasteiger charge is 2.28. The maximum Gasteiger partial charge on any atom is 0.254 e. The number of pyridine rings is 1. The summed E-state index contributed by atoms with van der Waals surface area (Å²) in [5, 5.41) is 0.386. The second-order valence-electron chi connectivity index (χ2n) is 5.13. The lowest BCUT2D eigenvalue weighted by atomic mass is 10.1. The molecular formula is C14H19ClN2O3. The Labute approximate surface area is 123 Å². The predicted octanol–water partition coefficient (Wildman–Crippen LogP) is 2.52. The summed E-state index contributed by atoms with van der Waals surface area (Å²) in [5.41, 5.74) is 6.53. The van der Waals surface area contributed by atoms with Crippen LogP contribution in [0.25, 0.3) is 0 Å². The Bertz CT molecular complexity index is 501. The van der Waals surface area contributed by atoms with Gasteiger partial charge in [0.15, 0.2) is 0 Å². The highest BCUT2D eigenvalue weighted by atomic mass is 35.5. The van der Waals surface area contributed by atoms with E-state index in [0.717, 1.165) is 18.4 Å². The molecule has 5 nitrogen and oxygen atoms in total. The van der Waals surface area contributed by atoms with E-state index < -0.39 is 5.91 Å². The smallest absolute Gasteiger partial charge is 0.254 e. The summed E-state index contributed by atoms with van der Waals surface area (Å²) in [6.07, 6.45) is 2.27. The van der Waals surface area contributed by atoms with Crippen molar-refractivity contribution in [3.8, 4) is 5.88 Å². The second-order valence-corrected chi connectivity index (χ2v) is 5.49. The molecule has 0 saturated heterocycles. The van der Waals surface area contributed by atoms with Crippen molar-refractivity contribution in [2.24, 2.45) is 5.73 Å². The molecule has 0 radical (unpaired) electrons. The van der Waals surface area contributed by atoms with Gasteiger partial charge >= 0.3 is 0 Å². The molecule has 1 aromatic rings. The topological polar surface area (TPSA) is 74.4 Å². The van der Waals surface area contributed by atoms with E-state index in [1.165, 1.54) is 0 Å². The van der Waals surface area contributed by atoms with Gasteiger partial charge in [-0.05, 0) is 44.2 Å². The summed E-state index contributed by atoms with van der Waals surface area (Å²) < 4.78 is 10.8. The number of ether oxygens (including phenoxy) is 2. The van der Waals surface area contributed by atoms with Gasteiger partial charge in [-0.15, -0.1) is 0 Å². The van der Waals surface area contributed by atoms with Crippen LogP contribution in [-0.2, 0) is 4.74 Å². The van der Waals surface area contributed by atoms with Gasteiger partial charge in [-0.25, -0.2) is 4.98 Å². The molecule has 0 unspecified atom stereocenters. The largest absolute Gasteiger partial charge is 0.475 e. The van der Waals surface area contributed by atoms with Crippen molar-refractivity contribution in [2.45, 2.75) is 38.7 Å². The van der Waals surface area contributed by atoms with Crippen LogP contribution in [0.4, 0.5) is 0 Å². The molecule has 0 atom stereocenters. The lowest BCUT2D eigenvalue weighted by Gasteiger charge is -2.12. The number of nitrogens with zero attached hydrogens (tertiary/aromatic N) is 1. The van der Waals surface area contributed by atoms with Gasteiger partial charge in [-0.1, -0.05) is 11.6 Å². The van der Waals surface area contributed by atoms with Crippen LogP contribution >= 0.6 is 11.6 Å². The highest BCUT2D eigenvalue weighted by Crippen LogP contribution is 2.43. The molecule has 1 aliphatic carbocycles. The van der Waals surface area contributed by atoms with Gasteiger partial charge in [0.05, 0.1) is 12.7 Å². The number of primary amides is 1. The van der Waals surface area contributed by atoms with Crippen molar-refractivity contribution >= 4 is 17.5 Å². The number of hydrogen-bond acceptors (Lipinski definition) is 4. The lowest BCUT2D eigenvalue weighted by Crippen LogP contribution is -2.17. The summed E-state index contributed by atoms with van der Waals surface area (Å²) in [6.45, 7) is 4.59. The standard InChI is InChI=1S/C14H19ClN2O3/c1-8(2)19-5-6-20-14-11(13(16)18)7-10(9-3-4-9)12(15)17-14/h7-9H,3-6H2,1-2H3,(H2,16,18). The number of carbonyl (C=O) groups excluding carboxylic acids is 1. The molecular weight excluding hydrogens is 280 g/mol. The molecule has 1 amide bonds. The molecule has 1 aromatic heterocycles. The van der Waals surface area contributed by atoms with E-state index in [-0.39, 0.29) is 17.5 Å². The van der Waals surface area contributed by atoms with Gasteiger partial charge in [-0.3, -0.25) is 4.79 Å². The minimum absolute atomic E-state index is 0.128. The van der Waals surface area contributed by atoms with Gasteiger partial charge < -0.3 is 15.2 Å². The Morgan fingerprint density at radius 3 is 2.75 bits per heavy atom. The van der Waals surface area contributed by atoms with Crippen LogP contribution in [-0.4, -0.2) is 30.2 Å². The van der Waals surface area contributed by atoms with E-state index in [1.807, 2.05) is 13.8 Å². The molecule has 1 fully saturated rings. The van der Waals surface area contributed by atoms with Crippen LogP contribution in [0, 0.1) is 0 Å². The molecule has 1 heterocycles. The average Bonchev–Trinajstić information content (AvgIpc) is 3.18. The summed E-state index contributed by atoms with van der Waals surface area (Å²) in [6, 6.07) is 1.70. The summed E-state index contributed by atoms with van der Waals surface area (Å²) in [4.78, 5) is 15.7. The Hall–Kier alpha value is -1.33. The molecule has 0 aliphatic heterocycles. The minimum Gasteiger partial charge on any atom is -0.475 e. The van der Waals surface area contributed by atoms with E-state index in [9.17, 15) is 4.79 Å². The Balaban J connectivity index is 2.10. The zero-order valence-corrected chi connectivity index (χ0v) is 12.4. The van der Waals surface area contributed by atoms with Crippen molar-refractivity contribution in [2.75, 3.05) is 13.2 Å². The molecule has 2 N–H and O–H groups in total. The van der Waals surface area contributed by atoms with E-state index >= 15 is 0 Å². The number of hydrogen-bond donors (Lipinski definition) is 1. The Morgan fingerprint density at radius 1 is 1.50 bits per heavy atom. The van der Waals surface area contributed by atoms with Crippen LogP contribution in [0.1, 0.15) is 48.5 Å². The number of rotatable bonds is 7. The summed E-state index contributed by atoms with van der Waals surface area (Å²) in [5.74, 6) is 0.0153. The number of amides is 1. The number of aromatic nitrogens is 1. The summed E-state index contributed by atoms with van der Waals surface area (Å²) >= 11 is 6.13. The van der Waals surface area contributed by atoms with Gasteiger partial charge in [0.2, 0.25) is 5.88 Å². The van der Waals surface area contributed by atoms with Crippen molar-refractivity contribution in [1.29, 1.82) is 0 Å². The average molecular weight is 299 g/mol. The maximum absolute atomic E-state index is 11.5. The molecule has 2 rings (SSSR count). The van der Waals surface area contributed by atoms with Crippen molar-refractivity contribution < 1.29 is 14.3 Å². The van der Waals surface area contributed by atoms with Crippen molar-refractivity contribution in [1.82, 2.24) is 4.98 Å².